The number of allylic oxidation sites excluding steroid dienone is 2. The third kappa shape index (κ3) is 3.69. The van der Waals surface area contributed by atoms with Gasteiger partial charge in [0.25, 0.3) is 0 Å². The van der Waals surface area contributed by atoms with Crippen molar-refractivity contribution >= 4 is 23.3 Å². The third-order valence-corrected chi connectivity index (χ3v) is 11.4. The minimum atomic E-state index is -1.22. The number of ether oxygens (including phenoxy) is 4. The van der Waals surface area contributed by atoms with Crippen molar-refractivity contribution in [3.8, 4) is 0 Å². The number of hydrogen-bond donors (Lipinski definition) is 2. The summed E-state index contributed by atoms with van der Waals surface area (Å²) in [7, 11) is 0. The van der Waals surface area contributed by atoms with Gasteiger partial charge in [-0.15, -0.1) is 0 Å². The number of alkyl carbamates (subject to hydrolysis) is 1. The summed E-state index contributed by atoms with van der Waals surface area (Å²) in [5.74, 6) is 0.100. The first-order valence-electron chi connectivity index (χ1n) is 15.3. The molecule has 2 unspecified atom stereocenters. The molecule has 2 aliphatic heterocycles. The SMILES string of the molecule is CCCC1O[C@@H]2C[C@H]3[C@@H]4CCC5=CC(=O)C=C[C@]5(C)[C@]45O[C@H]5CC3(C)[C@]2(C(=O)COC(=O)NCc2ccc(N)cc2)O1. The minimum Gasteiger partial charge on any atom is -0.441 e. The molecule has 1 aromatic carbocycles. The number of rotatable bonds is 7. The van der Waals surface area contributed by atoms with Gasteiger partial charge in [-0.05, 0) is 80.7 Å². The molecular weight excluding hydrogens is 536 g/mol. The molecule has 3 N–H and O–H groups in total. The first-order valence-corrected chi connectivity index (χ1v) is 15.3. The van der Waals surface area contributed by atoms with E-state index in [2.05, 4.69) is 32.2 Å². The average Bonchev–Trinajstić information content (AvgIpc) is 3.48. The normalized spacial score (nSPS) is 42.4. The smallest absolute Gasteiger partial charge is 0.407 e. The van der Waals surface area contributed by atoms with E-state index >= 15 is 0 Å². The minimum absolute atomic E-state index is 0.0383. The fraction of sp³-hybridized carbons (Fsp3) is 0.606. The fourth-order valence-corrected chi connectivity index (χ4v) is 9.43. The Kier molecular flexibility index (Phi) is 6.28. The molecule has 9 nitrogen and oxygen atoms in total. The van der Waals surface area contributed by atoms with E-state index in [1.807, 2.05) is 12.1 Å². The number of nitrogen functional groups attached to an aromatic ring is 1. The van der Waals surface area contributed by atoms with Crippen molar-refractivity contribution in [2.75, 3.05) is 12.3 Å². The largest absolute Gasteiger partial charge is 0.441 e. The van der Waals surface area contributed by atoms with E-state index in [4.69, 9.17) is 24.7 Å². The van der Waals surface area contributed by atoms with Crippen molar-refractivity contribution in [3.05, 3.63) is 53.6 Å². The summed E-state index contributed by atoms with van der Waals surface area (Å²) in [6.45, 7) is 6.29. The zero-order chi connectivity index (χ0) is 29.5. The third-order valence-electron chi connectivity index (χ3n) is 11.4. The van der Waals surface area contributed by atoms with Crippen LogP contribution in [0.15, 0.2) is 48.1 Å². The van der Waals surface area contributed by atoms with Crippen molar-refractivity contribution in [1.82, 2.24) is 5.32 Å². The van der Waals surface area contributed by atoms with Gasteiger partial charge in [0, 0.05) is 23.1 Å². The summed E-state index contributed by atoms with van der Waals surface area (Å²) in [5, 5.41) is 2.72. The van der Waals surface area contributed by atoms with Gasteiger partial charge in [0.1, 0.15) is 5.60 Å². The summed E-state index contributed by atoms with van der Waals surface area (Å²) in [5.41, 5.74) is 5.90. The fourth-order valence-electron chi connectivity index (χ4n) is 9.43. The molecule has 3 saturated carbocycles. The van der Waals surface area contributed by atoms with E-state index in [1.165, 1.54) is 0 Å². The lowest BCUT2D eigenvalue weighted by Gasteiger charge is -2.55. The number of amides is 1. The number of anilines is 1. The highest BCUT2D eigenvalue weighted by Gasteiger charge is 2.84. The van der Waals surface area contributed by atoms with Gasteiger partial charge in [-0.1, -0.05) is 44.1 Å². The molecule has 6 aliphatic rings. The maximum Gasteiger partial charge on any atom is 0.407 e. The molecule has 4 aliphatic carbocycles. The molecule has 1 spiro atoms. The molecule has 9 atom stereocenters. The summed E-state index contributed by atoms with van der Waals surface area (Å²) in [6, 6.07) is 7.19. The molecule has 2 heterocycles. The second-order valence-corrected chi connectivity index (χ2v) is 13.4. The van der Waals surface area contributed by atoms with Crippen LogP contribution in [0.5, 0.6) is 0 Å². The number of carbonyl (C=O) groups excluding carboxylic acids is 3. The number of nitrogens with one attached hydrogen (secondary N) is 1. The van der Waals surface area contributed by atoms with Crippen LogP contribution in [-0.2, 0) is 35.1 Å². The second-order valence-electron chi connectivity index (χ2n) is 13.4. The first kappa shape index (κ1) is 27.8. The van der Waals surface area contributed by atoms with Gasteiger partial charge in [-0.25, -0.2) is 4.79 Å². The highest BCUT2D eigenvalue weighted by molar-refractivity contribution is 6.01. The van der Waals surface area contributed by atoms with Crippen molar-refractivity contribution in [2.45, 2.75) is 95.5 Å². The lowest BCUT2D eigenvalue weighted by atomic mass is 9.46. The molecule has 9 heteroatoms. The molecule has 7 rings (SSSR count). The van der Waals surface area contributed by atoms with E-state index in [0.717, 1.165) is 30.4 Å². The van der Waals surface area contributed by atoms with Crippen molar-refractivity contribution in [1.29, 1.82) is 0 Å². The highest BCUT2D eigenvalue weighted by Crippen LogP contribution is 2.77. The first-order chi connectivity index (χ1) is 20.1. The number of Topliss-reactive ketones (excluding diaryl/α,β-unsaturated/α-hetero) is 1. The summed E-state index contributed by atoms with van der Waals surface area (Å²) in [6.07, 6.45) is 8.51. The molecule has 224 valence electrons. The Morgan fingerprint density at radius 3 is 2.67 bits per heavy atom. The van der Waals surface area contributed by atoms with Gasteiger partial charge in [0.2, 0.25) is 5.78 Å². The van der Waals surface area contributed by atoms with E-state index < -0.39 is 36.1 Å². The number of benzene rings is 1. The maximum atomic E-state index is 14.3. The monoisotopic (exact) mass is 576 g/mol. The summed E-state index contributed by atoms with van der Waals surface area (Å²) in [4.78, 5) is 39.1. The second kappa shape index (κ2) is 9.49. The van der Waals surface area contributed by atoms with Crippen LogP contribution in [0.25, 0.3) is 0 Å². The highest BCUT2D eigenvalue weighted by atomic mass is 16.7. The zero-order valence-electron chi connectivity index (χ0n) is 24.5. The summed E-state index contributed by atoms with van der Waals surface area (Å²) >= 11 is 0. The predicted molar refractivity (Wildman–Crippen MR) is 153 cm³/mol. The molecule has 5 fully saturated rings. The lowest BCUT2D eigenvalue weighted by molar-refractivity contribution is -0.181. The Balaban J connectivity index is 1.13. The van der Waals surface area contributed by atoms with Gasteiger partial charge < -0.3 is 30.0 Å². The molecule has 1 amide bonds. The van der Waals surface area contributed by atoms with Crippen molar-refractivity contribution in [2.24, 2.45) is 22.7 Å². The lowest BCUT2D eigenvalue weighted by Crippen LogP contribution is -2.63. The van der Waals surface area contributed by atoms with Crippen LogP contribution in [0.4, 0.5) is 10.5 Å². The maximum absolute atomic E-state index is 14.3. The van der Waals surface area contributed by atoms with Crippen LogP contribution >= 0.6 is 0 Å². The van der Waals surface area contributed by atoms with Crippen LogP contribution < -0.4 is 11.1 Å². The number of epoxide rings is 1. The number of carbonyl (C=O) groups is 3. The topological polar surface area (TPSA) is 129 Å². The Bertz CT molecular complexity index is 1390. The Hall–Kier alpha value is -3.01. The molecule has 0 aromatic heterocycles. The average molecular weight is 577 g/mol. The number of ketones is 2. The van der Waals surface area contributed by atoms with Gasteiger partial charge in [0.05, 0.1) is 12.2 Å². The van der Waals surface area contributed by atoms with Gasteiger partial charge in [-0.2, -0.15) is 0 Å². The van der Waals surface area contributed by atoms with E-state index in [0.29, 0.717) is 24.9 Å². The Morgan fingerprint density at radius 1 is 1.12 bits per heavy atom. The molecule has 0 radical (unpaired) electrons. The standard InChI is InChI=1S/C33H40N2O7/c1-4-5-28-40-26-15-24-23-11-8-20-14-22(36)12-13-30(20,2)32(23)27(41-32)16-31(24,3)33(26,42-28)25(37)18-39-29(38)35-17-19-6-9-21(34)10-7-19/h6-7,9-10,12-14,23-24,26-28H,4-5,8,11,15-18,34H2,1-3H3,(H,35,38)/t23-,24-,26+,27-,28?,30-,31?,32-,33+/m0/s1. The Labute approximate surface area is 246 Å². The zero-order valence-corrected chi connectivity index (χ0v) is 24.5. The van der Waals surface area contributed by atoms with Gasteiger partial charge >= 0.3 is 6.09 Å². The molecule has 2 saturated heterocycles. The number of hydrogen-bond acceptors (Lipinski definition) is 8. The molecular formula is C33H40N2O7. The number of nitrogens with two attached hydrogens (primary N) is 1. The van der Waals surface area contributed by atoms with Gasteiger partial charge in [-0.3, -0.25) is 9.59 Å². The van der Waals surface area contributed by atoms with Crippen molar-refractivity contribution < 1.29 is 33.3 Å². The molecule has 42 heavy (non-hydrogen) atoms. The molecule has 1 aromatic rings. The molecule has 0 bridgehead atoms. The van der Waals surface area contributed by atoms with E-state index in [1.54, 1.807) is 24.3 Å². The van der Waals surface area contributed by atoms with Crippen molar-refractivity contribution in [3.63, 3.8) is 0 Å². The van der Waals surface area contributed by atoms with Crippen LogP contribution in [-0.4, -0.2) is 54.0 Å². The summed E-state index contributed by atoms with van der Waals surface area (Å²) < 4.78 is 25.3. The van der Waals surface area contributed by atoms with Crippen LogP contribution in [0, 0.1) is 22.7 Å². The van der Waals surface area contributed by atoms with E-state index in [9.17, 15) is 14.4 Å². The van der Waals surface area contributed by atoms with Crippen LogP contribution in [0.2, 0.25) is 0 Å². The van der Waals surface area contributed by atoms with Crippen LogP contribution in [0.1, 0.15) is 64.9 Å². The predicted octanol–water partition coefficient (Wildman–Crippen LogP) is 4.39. The Morgan fingerprint density at radius 2 is 1.90 bits per heavy atom. The van der Waals surface area contributed by atoms with Crippen LogP contribution in [0.3, 0.4) is 0 Å². The number of fused-ring (bicyclic) bond motifs is 5. The van der Waals surface area contributed by atoms with E-state index in [-0.39, 0.29) is 47.1 Å². The van der Waals surface area contributed by atoms with Gasteiger partial charge in [0.15, 0.2) is 24.3 Å². The quantitative estimate of drug-likeness (QED) is 0.361.